The molecule has 0 unspecified atom stereocenters. The van der Waals surface area contributed by atoms with Crippen molar-refractivity contribution in [3.05, 3.63) is 64.2 Å². The fourth-order valence-electron chi connectivity index (χ4n) is 1.71. The number of nitriles is 1. The van der Waals surface area contributed by atoms with Gasteiger partial charge in [-0.05, 0) is 18.2 Å². The number of benzene rings is 2. The van der Waals surface area contributed by atoms with Gasteiger partial charge in [0.25, 0.3) is 0 Å². The average Bonchev–Trinajstić information content (AvgIpc) is 2.45. The van der Waals surface area contributed by atoms with Crippen molar-refractivity contribution in [2.75, 3.05) is 0 Å². The molecule has 0 spiro atoms. The number of ether oxygens (including phenoxy) is 1. The number of rotatable bonds is 4. The Labute approximate surface area is 125 Å². The molecule has 2 rings (SSSR count). The van der Waals surface area contributed by atoms with E-state index < -0.39 is 0 Å². The number of nitrogens with zero attached hydrogens (tertiary/aromatic N) is 1. The van der Waals surface area contributed by atoms with Crippen LogP contribution in [0.15, 0.2) is 42.5 Å². The number of hydrogen-bond donors (Lipinski definition) is 0. The SMILES string of the molecule is N#Cc1ccccc1COc1cccc(Cl)c1CBr. The Bertz CT molecular complexity index is 622. The van der Waals surface area contributed by atoms with Crippen LogP contribution >= 0.6 is 27.5 Å². The van der Waals surface area contributed by atoms with E-state index in [1.54, 1.807) is 6.07 Å². The highest BCUT2D eigenvalue weighted by molar-refractivity contribution is 9.08. The number of hydrogen-bond acceptors (Lipinski definition) is 2. The van der Waals surface area contributed by atoms with E-state index >= 15 is 0 Å². The van der Waals surface area contributed by atoms with Gasteiger partial charge in [0.2, 0.25) is 0 Å². The minimum Gasteiger partial charge on any atom is -0.488 e. The molecule has 0 aromatic heterocycles. The molecule has 0 amide bonds. The lowest BCUT2D eigenvalue weighted by Gasteiger charge is -2.12. The molecule has 2 aromatic rings. The molecule has 96 valence electrons. The largest absolute Gasteiger partial charge is 0.488 e. The Kier molecular flexibility index (Phi) is 4.84. The van der Waals surface area contributed by atoms with Crippen LogP contribution in [0.4, 0.5) is 0 Å². The van der Waals surface area contributed by atoms with Crippen LogP contribution in [0.2, 0.25) is 5.02 Å². The van der Waals surface area contributed by atoms with Gasteiger partial charge in [-0.15, -0.1) is 0 Å². The van der Waals surface area contributed by atoms with Gasteiger partial charge in [0, 0.05) is 21.5 Å². The zero-order valence-electron chi connectivity index (χ0n) is 10.1. The Balaban J connectivity index is 2.20. The Hall–Kier alpha value is -1.50. The minimum absolute atomic E-state index is 0.351. The zero-order chi connectivity index (χ0) is 13.7. The second-order valence-electron chi connectivity index (χ2n) is 3.91. The fourth-order valence-corrected chi connectivity index (χ4v) is 2.69. The second-order valence-corrected chi connectivity index (χ2v) is 4.88. The lowest BCUT2D eigenvalue weighted by atomic mass is 10.1. The normalized spacial score (nSPS) is 9.95. The monoisotopic (exact) mass is 335 g/mol. The first-order valence-electron chi connectivity index (χ1n) is 5.70. The molecule has 2 nitrogen and oxygen atoms in total. The smallest absolute Gasteiger partial charge is 0.125 e. The zero-order valence-corrected chi connectivity index (χ0v) is 12.4. The third-order valence-corrected chi connectivity index (χ3v) is 3.65. The lowest BCUT2D eigenvalue weighted by Crippen LogP contribution is -2.00. The van der Waals surface area contributed by atoms with Gasteiger partial charge in [-0.3, -0.25) is 0 Å². The van der Waals surface area contributed by atoms with Crippen molar-refractivity contribution in [3.63, 3.8) is 0 Å². The van der Waals surface area contributed by atoms with Crippen molar-refractivity contribution < 1.29 is 4.74 Å². The molecular formula is C15H11BrClNO. The maximum Gasteiger partial charge on any atom is 0.125 e. The molecule has 0 bridgehead atoms. The molecule has 2 aromatic carbocycles. The summed E-state index contributed by atoms with van der Waals surface area (Å²) in [6, 6.07) is 15.1. The van der Waals surface area contributed by atoms with E-state index in [4.69, 9.17) is 21.6 Å². The van der Waals surface area contributed by atoms with E-state index in [0.29, 0.717) is 22.5 Å². The summed E-state index contributed by atoms with van der Waals surface area (Å²) in [6.45, 7) is 0.351. The predicted octanol–water partition coefficient (Wildman–Crippen LogP) is 4.69. The van der Waals surface area contributed by atoms with Gasteiger partial charge in [-0.25, -0.2) is 0 Å². The van der Waals surface area contributed by atoms with Gasteiger partial charge in [0.15, 0.2) is 0 Å². The molecule has 0 N–H and O–H groups in total. The molecule has 0 saturated carbocycles. The van der Waals surface area contributed by atoms with Gasteiger partial charge >= 0.3 is 0 Å². The number of halogens is 2. The molecule has 0 aliphatic heterocycles. The molecule has 0 aliphatic rings. The molecule has 0 radical (unpaired) electrons. The number of alkyl halides is 1. The first-order chi connectivity index (χ1) is 9.26. The van der Waals surface area contributed by atoms with Crippen LogP contribution in [0.3, 0.4) is 0 Å². The highest BCUT2D eigenvalue weighted by atomic mass is 79.9. The van der Waals surface area contributed by atoms with Gasteiger partial charge in [0.05, 0.1) is 11.6 Å². The van der Waals surface area contributed by atoms with Crippen molar-refractivity contribution >= 4 is 27.5 Å². The van der Waals surface area contributed by atoms with E-state index in [-0.39, 0.29) is 0 Å². The van der Waals surface area contributed by atoms with E-state index in [2.05, 4.69) is 22.0 Å². The molecule has 0 aliphatic carbocycles. The van der Waals surface area contributed by atoms with E-state index in [1.807, 2.05) is 36.4 Å². The summed E-state index contributed by atoms with van der Waals surface area (Å²) in [5, 5.41) is 10.3. The maximum atomic E-state index is 9.03. The summed E-state index contributed by atoms with van der Waals surface area (Å²) in [6.07, 6.45) is 0. The van der Waals surface area contributed by atoms with Crippen LogP contribution in [0.1, 0.15) is 16.7 Å². The van der Waals surface area contributed by atoms with E-state index in [1.165, 1.54) is 0 Å². The summed E-state index contributed by atoms with van der Waals surface area (Å²) in [7, 11) is 0. The van der Waals surface area contributed by atoms with Crippen LogP contribution in [0, 0.1) is 11.3 Å². The summed E-state index contributed by atoms with van der Waals surface area (Å²) in [5.74, 6) is 0.733. The Morgan fingerprint density at radius 3 is 2.68 bits per heavy atom. The van der Waals surface area contributed by atoms with Crippen molar-refractivity contribution in [1.29, 1.82) is 5.26 Å². The second kappa shape index (κ2) is 6.60. The van der Waals surface area contributed by atoms with Crippen molar-refractivity contribution in [3.8, 4) is 11.8 Å². The maximum absolute atomic E-state index is 9.03. The summed E-state index contributed by atoms with van der Waals surface area (Å²) in [5.41, 5.74) is 2.41. The van der Waals surface area contributed by atoms with Gasteiger partial charge in [-0.1, -0.05) is 51.8 Å². The van der Waals surface area contributed by atoms with E-state index in [0.717, 1.165) is 16.9 Å². The summed E-state index contributed by atoms with van der Waals surface area (Å²) < 4.78 is 5.77. The first kappa shape index (κ1) is 13.9. The molecule has 0 saturated heterocycles. The highest BCUT2D eigenvalue weighted by Gasteiger charge is 2.08. The topological polar surface area (TPSA) is 33.0 Å². The average molecular weight is 337 g/mol. The molecule has 0 heterocycles. The minimum atomic E-state index is 0.351. The van der Waals surface area contributed by atoms with E-state index in [9.17, 15) is 0 Å². The predicted molar refractivity (Wildman–Crippen MR) is 79.6 cm³/mol. The van der Waals surface area contributed by atoms with Crippen molar-refractivity contribution in [1.82, 2.24) is 0 Å². The van der Waals surface area contributed by atoms with Gasteiger partial charge in [-0.2, -0.15) is 5.26 Å². The van der Waals surface area contributed by atoms with Crippen LogP contribution in [0.5, 0.6) is 5.75 Å². The highest BCUT2D eigenvalue weighted by Crippen LogP contribution is 2.29. The van der Waals surface area contributed by atoms with Crippen LogP contribution < -0.4 is 4.74 Å². The first-order valence-corrected chi connectivity index (χ1v) is 7.20. The fraction of sp³-hybridized carbons (Fsp3) is 0.133. The third-order valence-electron chi connectivity index (χ3n) is 2.73. The van der Waals surface area contributed by atoms with Crippen LogP contribution in [0.25, 0.3) is 0 Å². The van der Waals surface area contributed by atoms with Crippen molar-refractivity contribution in [2.24, 2.45) is 0 Å². The molecule has 4 heteroatoms. The summed E-state index contributed by atoms with van der Waals surface area (Å²) in [4.78, 5) is 0. The van der Waals surface area contributed by atoms with Crippen LogP contribution in [-0.2, 0) is 11.9 Å². The van der Waals surface area contributed by atoms with Crippen LogP contribution in [-0.4, -0.2) is 0 Å². The standard InChI is InChI=1S/C15H11BrClNO/c16-8-13-14(17)6-3-7-15(13)19-10-12-5-2-1-4-11(12)9-18/h1-7H,8,10H2. The lowest BCUT2D eigenvalue weighted by molar-refractivity contribution is 0.303. The van der Waals surface area contributed by atoms with Gasteiger partial charge < -0.3 is 4.74 Å². The molecule has 0 fully saturated rings. The van der Waals surface area contributed by atoms with Gasteiger partial charge in [0.1, 0.15) is 12.4 Å². The third kappa shape index (κ3) is 3.28. The van der Waals surface area contributed by atoms with Crippen molar-refractivity contribution in [2.45, 2.75) is 11.9 Å². The Morgan fingerprint density at radius 2 is 1.95 bits per heavy atom. The summed E-state index contributed by atoms with van der Waals surface area (Å²) >= 11 is 9.50. The molecular weight excluding hydrogens is 326 g/mol. The molecule has 0 atom stereocenters. The molecule has 19 heavy (non-hydrogen) atoms. The quantitative estimate of drug-likeness (QED) is 0.759. The Morgan fingerprint density at radius 1 is 1.16 bits per heavy atom.